The second-order valence-corrected chi connectivity index (χ2v) is 17.7. The summed E-state index contributed by atoms with van der Waals surface area (Å²) in [5.74, 6) is 0. The van der Waals surface area contributed by atoms with E-state index in [1.165, 1.54) is 121 Å². The fraction of sp³-hybridized carbons (Fsp3) is 0.103. The van der Waals surface area contributed by atoms with Gasteiger partial charge in [-0.05, 0) is 158 Å². The van der Waals surface area contributed by atoms with E-state index in [0.29, 0.717) is 0 Å². The van der Waals surface area contributed by atoms with Crippen molar-refractivity contribution in [3.05, 3.63) is 204 Å². The Hall–Kier alpha value is -6.76. The van der Waals surface area contributed by atoms with Crippen LogP contribution in [0.25, 0.3) is 99.1 Å². The first-order valence-corrected chi connectivity index (χ1v) is 20.7. The van der Waals surface area contributed by atoms with Crippen molar-refractivity contribution in [2.75, 3.05) is 0 Å². The van der Waals surface area contributed by atoms with Gasteiger partial charge in [0.25, 0.3) is 0 Å². The second-order valence-electron chi connectivity index (χ2n) is 17.7. The third kappa shape index (κ3) is 4.63. The highest BCUT2D eigenvalue weighted by atomic mass is 14.4. The van der Waals surface area contributed by atoms with Crippen molar-refractivity contribution in [2.24, 2.45) is 0 Å². The molecule has 0 saturated heterocycles. The summed E-state index contributed by atoms with van der Waals surface area (Å²) in [7, 11) is 0. The molecule has 58 heavy (non-hydrogen) atoms. The van der Waals surface area contributed by atoms with Crippen LogP contribution in [-0.2, 0) is 10.8 Å². The highest BCUT2D eigenvalue weighted by Crippen LogP contribution is 2.55. The number of benzene rings is 10. The van der Waals surface area contributed by atoms with Crippen LogP contribution in [0.3, 0.4) is 0 Å². The monoisotopic (exact) mass is 738 g/mol. The first-order valence-electron chi connectivity index (χ1n) is 20.7. The normalized spacial score (nSPS) is 14.5. The Balaban J connectivity index is 1.03. The Morgan fingerprint density at radius 3 is 1.57 bits per heavy atom. The van der Waals surface area contributed by atoms with Crippen LogP contribution < -0.4 is 0 Å². The molecule has 0 radical (unpaired) electrons. The summed E-state index contributed by atoms with van der Waals surface area (Å²) in [5, 5.41) is 8.03. The van der Waals surface area contributed by atoms with Crippen LogP contribution in [0.2, 0.25) is 0 Å². The summed E-state index contributed by atoms with van der Waals surface area (Å²) in [6.45, 7) is 9.55. The topological polar surface area (TPSA) is 0 Å². The van der Waals surface area contributed by atoms with Gasteiger partial charge in [0.2, 0.25) is 0 Å². The molecule has 0 nitrogen and oxygen atoms in total. The Morgan fingerprint density at radius 1 is 0.276 bits per heavy atom. The van der Waals surface area contributed by atoms with Crippen LogP contribution in [0.15, 0.2) is 182 Å². The SMILES string of the molecule is CC1(C)c2ccccc2-c2cc(-c3ccc4ccc5c6c(cc7ccc3c4c75)C(C)(C)c3cc(-c4cc(-c5ccccc5)cc(-c5ccccc5)c4)ccc3-6)ccc21. The van der Waals surface area contributed by atoms with Crippen molar-refractivity contribution >= 4 is 32.3 Å². The van der Waals surface area contributed by atoms with Crippen molar-refractivity contribution in [1.82, 2.24) is 0 Å². The summed E-state index contributed by atoms with van der Waals surface area (Å²) in [5.41, 5.74) is 20.9. The second kappa shape index (κ2) is 11.9. The maximum atomic E-state index is 2.50. The molecule has 274 valence electrons. The van der Waals surface area contributed by atoms with E-state index < -0.39 is 0 Å². The van der Waals surface area contributed by atoms with E-state index in [1.54, 1.807) is 0 Å². The van der Waals surface area contributed by atoms with E-state index in [-0.39, 0.29) is 10.8 Å². The molecule has 2 aliphatic carbocycles. The van der Waals surface area contributed by atoms with Crippen molar-refractivity contribution in [1.29, 1.82) is 0 Å². The summed E-state index contributed by atoms with van der Waals surface area (Å²) in [6.07, 6.45) is 0. The van der Waals surface area contributed by atoms with Crippen LogP contribution in [-0.4, -0.2) is 0 Å². The van der Waals surface area contributed by atoms with Gasteiger partial charge in [-0.1, -0.05) is 173 Å². The molecule has 0 bridgehead atoms. The van der Waals surface area contributed by atoms with Gasteiger partial charge in [0.05, 0.1) is 0 Å². The van der Waals surface area contributed by atoms with Crippen LogP contribution in [0, 0.1) is 0 Å². The van der Waals surface area contributed by atoms with Gasteiger partial charge in [0.15, 0.2) is 0 Å². The lowest BCUT2D eigenvalue weighted by atomic mass is 9.79. The van der Waals surface area contributed by atoms with Crippen LogP contribution >= 0.6 is 0 Å². The van der Waals surface area contributed by atoms with Gasteiger partial charge < -0.3 is 0 Å². The van der Waals surface area contributed by atoms with Crippen molar-refractivity contribution in [3.8, 4) is 66.8 Å². The highest BCUT2D eigenvalue weighted by Gasteiger charge is 2.38. The maximum Gasteiger partial charge on any atom is 0.0159 e. The molecule has 0 N–H and O–H groups in total. The minimum Gasteiger partial charge on any atom is -0.0622 e. The Morgan fingerprint density at radius 2 is 0.828 bits per heavy atom. The predicted octanol–water partition coefficient (Wildman–Crippen LogP) is 15.9. The zero-order valence-corrected chi connectivity index (χ0v) is 33.3. The van der Waals surface area contributed by atoms with Crippen LogP contribution in [0.5, 0.6) is 0 Å². The van der Waals surface area contributed by atoms with Gasteiger partial charge in [-0.15, -0.1) is 0 Å². The third-order valence-corrected chi connectivity index (χ3v) is 13.8. The molecular weight excluding hydrogens is 697 g/mol. The molecule has 10 aromatic rings. The summed E-state index contributed by atoms with van der Waals surface area (Å²) in [4.78, 5) is 0. The number of hydrogen-bond donors (Lipinski definition) is 0. The zero-order chi connectivity index (χ0) is 38.9. The molecule has 0 unspecified atom stereocenters. The van der Waals surface area contributed by atoms with Gasteiger partial charge in [0.1, 0.15) is 0 Å². The van der Waals surface area contributed by atoms with E-state index >= 15 is 0 Å². The van der Waals surface area contributed by atoms with E-state index in [4.69, 9.17) is 0 Å². The predicted molar refractivity (Wildman–Crippen MR) is 247 cm³/mol. The Bertz CT molecular complexity index is 3250. The minimum absolute atomic E-state index is 0.00434. The smallest absolute Gasteiger partial charge is 0.0159 e. The zero-order valence-electron chi connectivity index (χ0n) is 33.3. The molecule has 0 heteroatoms. The van der Waals surface area contributed by atoms with E-state index in [2.05, 4.69) is 210 Å². The first kappa shape index (κ1) is 33.4. The molecule has 0 amide bonds. The van der Waals surface area contributed by atoms with Gasteiger partial charge >= 0.3 is 0 Å². The van der Waals surface area contributed by atoms with Gasteiger partial charge in [-0.2, -0.15) is 0 Å². The number of rotatable bonds is 4. The molecule has 0 aliphatic heterocycles. The first-order chi connectivity index (χ1) is 28.3. The molecule has 0 fully saturated rings. The summed E-state index contributed by atoms with van der Waals surface area (Å²) < 4.78 is 0. The van der Waals surface area contributed by atoms with Crippen LogP contribution in [0.1, 0.15) is 49.9 Å². The average Bonchev–Trinajstić information content (AvgIpc) is 3.64. The standard InChI is InChI=1S/C58H42/c1-57(2)50-18-12-11-17-45(50)49-32-39(23-28-51(49)57)44-24-19-37-20-27-48-55-40(22-25-46(44)54(37)55)34-53-56(48)47-26-21-38(33-52(47)58(53,3)4)43-30-41(35-13-7-5-8-14-35)29-42(31-43)36-15-9-6-10-16-36/h5-34H,1-4H3. The molecule has 0 atom stereocenters. The van der Waals surface area contributed by atoms with E-state index in [1.807, 2.05) is 0 Å². The lowest BCUT2D eigenvalue weighted by molar-refractivity contribution is 0.660. The molecule has 0 spiro atoms. The molecule has 12 rings (SSSR count). The highest BCUT2D eigenvalue weighted by molar-refractivity contribution is 6.28. The van der Waals surface area contributed by atoms with Gasteiger partial charge in [-0.25, -0.2) is 0 Å². The third-order valence-electron chi connectivity index (χ3n) is 13.8. The molecule has 10 aromatic carbocycles. The van der Waals surface area contributed by atoms with Crippen molar-refractivity contribution < 1.29 is 0 Å². The largest absolute Gasteiger partial charge is 0.0622 e. The van der Waals surface area contributed by atoms with Crippen LogP contribution in [0.4, 0.5) is 0 Å². The fourth-order valence-corrected chi connectivity index (χ4v) is 10.8. The van der Waals surface area contributed by atoms with Gasteiger partial charge in [0, 0.05) is 10.8 Å². The molecule has 2 aliphatic rings. The van der Waals surface area contributed by atoms with E-state index in [0.717, 1.165) is 0 Å². The maximum absolute atomic E-state index is 2.50. The lowest BCUT2D eigenvalue weighted by Crippen LogP contribution is -2.15. The average molecular weight is 739 g/mol. The minimum atomic E-state index is -0.163. The molecule has 0 saturated carbocycles. The molecular formula is C58H42. The van der Waals surface area contributed by atoms with Crippen molar-refractivity contribution in [3.63, 3.8) is 0 Å². The number of hydrogen-bond acceptors (Lipinski definition) is 0. The summed E-state index contributed by atoms with van der Waals surface area (Å²) in [6, 6.07) is 68.7. The molecule has 0 aromatic heterocycles. The summed E-state index contributed by atoms with van der Waals surface area (Å²) >= 11 is 0. The van der Waals surface area contributed by atoms with Gasteiger partial charge in [-0.3, -0.25) is 0 Å². The van der Waals surface area contributed by atoms with E-state index in [9.17, 15) is 0 Å². The van der Waals surface area contributed by atoms with Crippen molar-refractivity contribution in [2.45, 2.75) is 38.5 Å². The number of fused-ring (bicyclic) bond motifs is 7. The Kier molecular flexibility index (Phi) is 6.84. The Labute approximate surface area is 340 Å². The quantitative estimate of drug-likeness (QED) is 0.158. The molecule has 0 heterocycles. The lowest BCUT2D eigenvalue weighted by Gasteiger charge is -2.23. The fourth-order valence-electron chi connectivity index (χ4n) is 10.8.